The van der Waals surface area contributed by atoms with E-state index >= 15 is 0 Å². The number of fused-ring (bicyclic) bond motifs is 1. The number of pyridine rings is 1. The molecule has 0 spiro atoms. The number of carbonyl (C=O) groups is 2. The summed E-state index contributed by atoms with van der Waals surface area (Å²) in [6, 6.07) is 3.61. The Balaban J connectivity index is 1.70. The van der Waals surface area contributed by atoms with Crippen LogP contribution >= 0.6 is 0 Å². The molecule has 2 amide bonds. The Morgan fingerprint density at radius 3 is 2.55 bits per heavy atom. The van der Waals surface area contributed by atoms with Gasteiger partial charge < -0.3 is 0 Å². The first-order valence-electron chi connectivity index (χ1n) is 7.50. The van der Waals surface area contributed by atoms with Gasteiger partial charge in [-0.15, -0.1) is 0 Å². The van der Waals surface area contributed by atoms with Gasteiger partial charge in [0.05, 0.1) is 5.56 Å². The van der Waals surface area contributed by atoms with Crippen molar-refractivity contribution in [1.82, 2.24) is 9.88 Å². The Hall–Kier alpha value is -1.71. The molecule has 2 aliphatic heterocycles. The van der Waals surface area contributed by atoms with Gasteiger partial charge in [-0.1, -0.05) is 0 Å². The summed E-state index contributed by atoms with van der Waals surface area (Å²) in [5, 5.41) is 0. The van der Waals surface area contributed by atoms with Gasteiger partial charge >= 0.3 is 0 Å². The molecular weight excluding hydrogens is 252 g/mol. The van der Waals surface area contributed by atoms with Crippen LogP contribution in [-0.4, -0.2) is 27.7 Å². The molecule has 4 atom stereocenters. The number of carbonyl (C=O) groups excluding carboxylic acids is 2. The minimum Gasteiger partial charge on any atom is -0.275 e. The first-order valence-corrected chi connectivity index (χ1v) is 7.50. The monoisotopic (exact) mass is 270 g/mol. The van der Waals surface area contributed by atoms with Gasteiger partial charge in [0.15, 0.2) is 0 Å². The van der Waals surface area contributed by atoms with E-state index in [1.807, 2.05) is 0 Å². The number of hydrogen-bond donors (Lipinski definition) is 0. The Labute approximate surface area is 118 Å². The van der Waals surface area contributed by atoms with Crippen molar-refractivity contribution >= 4 is 11.8 Å². The van der Waals surface area contributed by atoms with Gasteiger partial charge in [-0.2, -0.15) is 0 Å². The number of hydrogen-bond acceptors (Lipinski definition) is 3. The molecule has 4 aliphatic rings. The molecule has 2 aliphatic carbocycles. The third-order valence-corrected chi connectivity index (χ3v) is 5.19. The molecule has 1 aromatic rings. The molecule has 4 bridgehead atoms. The van der Waals surface area contributed by atoms with Crippen molar-refractivity contribution in [3.8, 4) is 0 Å². The van der Waals surface area contributed by atoms with Crippen LogP contribution in [0, 0.1) is 17.8 Å². The van der Waals surface area contributed by atoms with E-state index in [1.165, 1.54) is 6.42 Å². The highest BCUT2D eigenvalue weighted by atomic mass is 16.2. The summed E-state index contributed by atoms with van der Waals surface area (Å²) in [4.78, 5) is 31.0. The van der Waals surface area contributed by atoms with Gasteiger partial charge in [-0.3, -0.25) is 19.5 Å². The van der Waals surface area contributed by atoms with E-state index in [1.54, 1.807) is 29.4 Å². The van der Waals surface area contributed by atoms with Crippen molar-refractivity contribution in [3.63, 3.8) is 0 Å². The minimum atomic E-state index is -0.152. The summed E-state index contributed by atoms with van der Waals surface area (Å²) in [5.41, 5.74) is 0.530. The van der Waals surface area contributed by atoms with Crippen LogP contribution in [0.15, 0.2) is 24.5 Å². The molecule has 5 rings (SSSR count). The molecule has 4 nitrogen and oxygen atoms in total. The van der Waals surface area contributed by atoms with Gasteiger partial charge in [0, 0.05) is 24.4 Å². The molecule has 0 radical (unpaired) electrons. The Bertz CT molecular complexity index is 543. The topological polar surface area (TPSA) is 50.3 Å². The zero-order valence-electron chi connectivity index (χ0n) is 11.4. The standard InChI is InChI=1S/C16H18N2O2/c19-15(12-2-1-3-17-9-12)18-14-7-10-4-11(8-14)6-13(5-10)16(18)20/h1-3,9-11,13-14H,4-8H2/t10-,11+,13?,14?. The summed E-state index contributed by atoms with van der Waals surface area (Å²) >= 11 is 0. The number of amides is 2. The second-order valence-electron chi connectivity index (χ2n) is 6.52. The molecule has 2 unspecified atom stereocenters. The lowest BCUT2D eigenvalue weighted by molar-refractivity contribution is -0.133. The number of aromatic nitrogens is 1. The lowest BCUT2D eigenvalue weighted by atomic mass is 9.68. The number of nitrogens with zero attached hydrogens (tertiary/aromatic N) is 2. The van der Waals surface area contributed by atoms with E-state index < -0.39 is 0 Å². The van der Waals surface area contributed by atoms with Gasteiger partial charge in [0.2, 0.25) is 5.91 Å². The molecule has 0 aromatic carbocycles. The third-order valence-electron chi connectivity index (χ3n) is 5.19. The van der Waals surface area contributed by atoms with Gasteiger partial charge in [0.25, 0.3) is 5.91 Å². The maximum absolute atomic E-state index is 12.7. The van der Waals surface area contributed by atoms with Crippen LogP contribution in [0.4, 0.5) is 0 Å². The molecule has 104 valence electrons. The normalized spacial score (nSPS) is 35.2. The summed E-state index contributed by atoms with van der Waals surface area (Å²) < 4.78 is 0. The van der Waals surface area contributed by atoms with Crippen molar-refractivity contribution in [2.45, 2.75) is 38.1 Å². The fourth-order valence-electron chi connectivity index (χ4n) is 4.50. The average Bonchev–Trinajstić information content (AvgIpc) is 2.61. The largest absolute Gasteiger partial charge is 0.275 e. The Kier molecular flexibility index (Phi) is 2.65. The maximum Gasteiger partial charge on any atom is 0.262 e. The van der Waals surface area contributed by atoms with Crippen LogP contribution in [0.5, 0.6) is 0 Å². The number of imide groups is 1. The zero-order valence-corrected chi connectivity index (χ0v) is 11.4. The van der Waals surface area contributed by atoms with Gasteiger partial charge in [-0.05, 0) is 56.1 Å². The van der Waals surface area contributed by atoms with Crippen molar-refractivity contribution in [2.75, 3.05) is 0 Å². The van der Waals surface area contributed by atoms with Crippen LogP contribution in [-0.2, 0) is 4.79 Å². The van der Waals surface area contributed by atoms with Crippen LogP contribution in [0.1, 0.15) is 42.5 Å². The van der Waals surface area contributed by atoms with Crippen LogP contribution in [0.3, 0.4) is 0 Å². The molecule has 4 fully saturated rings. The number of rotatable bonds is 1. The van der Waals surface area contributed by atoms with Gasteiger partial charge in [0.1, 0.15) is 0 Å². The highest BCUT2D eigenvalue weighted by molar-refractivity contribution is 6.05. The Morgan fingerprint density at radius 2 is 1.90 bits per heavy atom. The zero-order chi connectivity index (χ0) is 13.7. The third kappa shape index (κ3) is 1.78. The molecule has 2 saturated heterocycles. The average molecular weight is 270 g/mol. The summed E-state index contributed by atoms with van der Waals surface area (Å²) in [7, 11) is 0. The predicted octanol–water partition coefficient (Wildman–Crippen LogP) is 2.26. The second-order valence-corrected chi connectivity index (χ2v) is 6.52. The first kappa shape index (κ1) is 12.1. The lowest BCUT2D eigenvalue weighted by Crippen LogP contribution is -2.45. The van der Waals surface area contributed by atoms with Crippen molar-refractivity contribution in [3.05, 3.63) is 30.1 Å². The SMILES string of the molecule is O=C(c1cccnc1)N1C(=O)C2C[C@@H]3CC1C[C@H](C2)C3. The summed E-state index contributed by atoms with van der Waals surface area (Å²) in [6.45, 7) is 0. The summed E-state index contributed by atoms with van der Waals surface area (Å²) in [6.07, 6.45) is 8.45. The second kappa shape index (κ2) is 4.40. The van der Waals surface area contributed by atoms with Crippen LogP contribution in [0.25, 0.3) is 0 Å². The predicted molar refractivity (Wildman–Crippen MR) is 72.8 cm³/mol. The van der Waals surface area contributed by atoms with Crippen molar-refractivity contribution < 1.29 is 9.59 Å². The highest BCUT2D eigenvalue weighted by Gasteiger charge is 2.48. The molecule has 2 saturated carbocycles. The smallest absolute Gasteiger partial charge is 0.262 e. The van der Waals surface area contributed by atoms with E-state index in [4.69, 9.17) is 0 Å². The van der Waals surface area contributed by atoms with Crippen molar-refractivity contribution in [2.24, 2.45) is 17.8 Å². The fourth-order valence-corrected chi connectivity index (χ4v) is 4.50. The molecule has 4 heteroatoms. The molecule has 3 heterocycles. The van der Waals surface area contributed by atoms with E-state index in [2.05, 4.69) is 4.98 Å². The minimum absolute atomic E-state index is 0.0635. The first-order chi connectivity index (χ1) is 9.72. The van der Waals surface area contributed by atoms with Crippen molar-refractivity contribution in [1.29, 1.82) is 0 Å². The van der Waals surface area contributed by atoms with E-state index in [0.717, 1.165) is 25.7 Å². The van der Waals surface area contributed by atoms with E-state index in [9.17, 15) is 9.59 Å². The van der Waals surface area contributed by atoms with Crippen LogP contribution in [0.2, 0.25) is 0 Å². The summed E-state index contributed by atoms with van der Waals surface area (Å²) in [5.74, 6) is 1.28. The highest BCUT2D eigenvalue weighted by Crippen LogP contribution is 2.48. The Morgan fingerprint density at radius 1 is 1.15 bits per heavy atom. The fraction of sp³-hybridized carbons (Fsp3) is 0.562. The molecular formula is C16H18N2O2. The van der Waals surface area contributed by atoms with E-state index in [-0.39, 0.29) is 23.8 Å². The quantitative estimate of drug-likeness (QED) is 0.735. The van der Waals surface area contributed by atoms with E-state index in [0.29, 0.717) is 17.4 Å². The lowest BCUT2D eigenvalue weighted by Gasteiger charge is -2.38. The molecule has 0 N–H and O–H groups in total. The maximum atomic E-state index is 12.7. The molecule has 20 heavy (non-hydrogen) atoms. The van der Waals surface area contributed by atoms with Crippen LogP contribution < -0.4 is 0 Å². The van der Waals surface area contributed by atoms with Gasteiger partial charge in [-0.25, -0.2) is 0 Å². The molecule has 1 aromatic heterocycles.